The molecule has 3 aliphatic rings. The highest BCUT2D eigenvalue weighted by Crippen LogP contribution is 2.61. The smallest absolute Gasteiger partial charge is 0.276 e. The molecule has 7 nitrogen and oxygen atoms in total. The number of nitrogens with zero attached hydrogens (tertiary/aromatic N) is 1. The minimum atomic E-state index is -3.84. The van der Waals surface area contributed by atoms with E-state index < -0.39 is 10.0 Å². The Morgan fingerprint density at radius 1 is 1.17 bits per heavy atom. The molecule has 188 valence electrons. The first-order valence-corrected chi connectivity index (χ1v) is 14.0. The van der Waals surface area contributed by atoms with Crippen molar-refractivity contribution in [2.75, 3.05) is 6.61 Å². The predicted octanol–water partition coefficient (Wildman–Crippen LogP) is 4.46. The molecule has 3 unspecified atom stereocenters. The second-order valence-electron chi connectivity index (χ2n) is 10.5. The van der Waals surface area contributed by atoms with Crippen molar-refractivity contribution in [1.82, 2.24) is 4.83 Å². The molecule has 0 saturated heterocycles. The molecule has 2 saturated carbocycles. The van der Waals surface area contributed by atoms with Gasteiger partial charge in [-0.2, -0.15) is 18.4 Å². The first-order valence-electron chi connectivity index (χ1n) is 12.5. The van der Waals surface area contributed by atoms with Gasteiger partial charge in [-0.1, -0.05) is 24.6 Å². The van der Waals surface area contributed by atoms with Crippen LogP contribution in [0.1, 0.15) is 68.6 Å². The Labute approximate surface area is 207 Å². The van der Waals surface area contributed by atoms with E-state index in [0.29, 0.717) is 30.4 Å². The Kier molecular flexibility index (Phi) is 6.08. The van der Waals surface area contributed by atoms with E-state index in [0.717, 1.165) is 42.4 Å². The molecule has 0 radical (unpaired) electrons. The Morgan fingerprint density at radius 2 is 1.91 bits per heavy atom. The minimum absolute atomic E-state index is 0.0232. The summed E-state index contributed by atoms with van der Waals surface area (Å²) in [6, 6.07) is 10.2. The lowest BCUT2D eigenvalue weighted by Crippen LogP contribution is -2.45. The van der Waals surface area contributed by atoms with Crippen LogP contribution in [0, 0.1) is 24.2 Å². The van der Waals surface area contributed by atoms with Crippen LogP contribution >= 0.6 is 0 Å². The lowest BCUT2D eigenvalue weighted by atomic mass is 9.55. The molecule has 2 fully saturated rings. The van der Waals surface area contributed by atoms with Crippen molar-refractivity contribution < 1.29 is 23.4 Å². The number of hydrogen-bond donors (Lipinski definition) is 3. The molecule has 0 aliphatic heterocycles. The summed E-state index contributed by atoms with van der Waals surface area (Å²) in [6.45, 7) is 6.41. The van der Waals surface area contributed by atoms with Crippen molar-refractivity contribution in [1.29, 1.82) is 0 Å². The first-order chi connectivity index (χ1) is 16.6. The van der Waals surface area contributed by atoms with E-state index in [1.165, 1.54) is 0 Å². The van der Waals surface area contributed by atoms with Crippen LogP contribution in [0.5, 0.6) is 11.5 Å². The van der Waals surface area contributed by atoms with E-state index in [9.17, 15) is 18.6 Å². The molecule has 0 bridgehead atoms. The number of aromatic hydroxyl groups is 1. The molecule has 2 aromatic carbocycles. The molecule has 3 N–H and O–H groups in total. The van der Waals surface area contributed by atoms with E-state index in [1.807, 2.05) is 19.9 Å². The lowest BCUT2D eigenvalue weighted by molar-refractivity contribution is -0.0177. The van der Waals surface area contributed by atoms with Gasteiger partial charge in [0.1, 0.15) is 0 Å². The summed E-state index contributed by atoms with van der Waals surface area (Å²) in [5.41, 5.74) is 3.26. The number of aliphatic hydroxyl groups is 1. The third kappa shape index (κ3) is 4.10. The van der Waals surface area contributed by atoms with Gasteiger partial charge in [-0.3, -0.25) is 0 Å². The second-order valence-corrected chi connectivity index (χ2v) is 12.2. The molecular weight excluding hydrogens is 464 g/mol. The normalized spacial score (nSPS) is 30.9. The highest BCUT2D eigenvalue weighted by atomic mass is 32.2. The zero-order chi connectivity index (χ0) is 25.0. The second kappa shape index (κ2) is 8.82. The molecular formula is C27H34N2O5S. The Morgan fingerprint density at radius 3 is 2.63 bits per heavy atom. The van der Waals surface area contributed by atoms with Gasteiger partial charge in [-0.25, -0.2) is 0 Å². The molecule has 5 atom stereocenters. The van der Waals surface area contributed by atoms with Gasteiger partial charge < -0.3 is 14.9 Å². The van der Waals surface area contributed by atoms with Gasteiger partial charge in [0.2, 0.25) is 0 Å². The number of ether oxygens (including phenoxy) is 1. The first kappa shape index (κ1) is 24.1. The Balaban J connectivity index is 1.56. The lowest BCUT2D eigenvalue weighted by Gasteiger charge is -2.50. The fourth-order valence-corrected chi connectivity index (χ4v) is 7.50. The van der Waals surface area contributed by atoms with E-state index >= 15 is 0 Å². The van der Waals surface area contributed by atoms with E-state index in [2.05, 4.69) is 16.9 Å². The highest BCUT2D eigenvalue weighted by molar-refractivity contribution is 7.89. The summed E-state index contributed by atoms with van der Waals surface area (Å²) >= 11 is 0. The summed E-state index contributed by atoms with van der Waals surface area (Å²) in [5.74, 6) is 1.27. The average Bonchev–Trinajstić information content (AvgIpc) is 3.13. The standard InChI is InChI=1S/C27H34N2O5S/c1-4-34-25-15-19-18-11-12-27(3)22(9-10-26(27)31)20(18)13-23(21(19)14-24(25)30)28-29-35(32,33)17-7-5-16(2)6-8-17/h5-8,14-15,18,20,22,26,29-31H,4,9-13H2,1-3H3/b28-23-/t18?,20?,22?,26-,27-/m0/s1. The number of sulfonamides is 1. The van der Waals surface area contributed by atoms with Gasteiger partial charge in [-0.05, 0) is 98.9 Å². The number of aliphatic hydroxyl groups excluding tert-OH is 1. The number of aryl methyl sites for hydroxylation is 1. The van der Waals surface area contributed by atoms with Gasteiger partial charge in [0.25, 0.3) is 10.0 Å². The number of hydrazone groups is 1. The van der Waals surface area contributed by atoms with E-state index in [1.54, 1.807) is 30.3 Å². The molecule has 5 rings (SSSR count). The SMILES string of the molecule is CCOc1cc2c(cc1O)/C(=N\NS(=O)(=O)c1ccc(C)cc1)CC1C2CC[C@@]2(C)C1CC[C@@H]2O. The van der Waals surface area contributed by atoms with Crippen LogP contribution in [0.4, 0.5) is 0 Å². The largest absolute Gasteiger partial charge is 0.504 e. The monoisotopic (exact) mass is 498 g/mol. The summed E-state index contributed by atoms with van der Waals surface area (Å²) < 4.78 is 31.6. The van der Waals surface area contributed by atoms with E-state index in [-0.39, 0.29) is 34.0 Å². The maximum Gasteiger partial charge on any atom is 0.276 e. The predicted molar refractivity (Wildman–Crippen MR) is 134 cm³/mol. The number of benzene rings is 2. The summed E-state index contributed by atoms with van der Waals surface area (Å²) in [5, 5.41) is 25.8. The molecule has 8 heteroatoms. The number of rotatable bonds is 5. The quantitative estimate of drug-likeness (QED) is 0.528. The van der Waals surface area contributed by atoms with Crippen LogP contribution in [0.25, 0.3) is 0 Å². The highest BCUT2D eigenvalue weighted by Gasteiger charge is 2.55. The molecule has 3 aliphatic carbocycles. The van der Waals surface area contributed by atoms with E-state index in [4.69, 9.17) is 4.74 Å². The average molecular weight is 499 g/mol. The molecule has 0 aromatic heterocycles. The molecule has 0 spiro atoms. The number of nitrogens with one attached hydrogen (secondary N) is 1. The number of phenolic OH excluding ortho intramolecular Hbond substituents is 1. The number of phenols is 1. The van der Waals surface area contributed by atoms with Gasteiger partial charge >= 0.3 is 0 Å². The van der Waals surface area contributed by atoms with Crippen LogP contribution in [-0.2, 0) is 10.0 Å². The Bertz CT molecular complexity index is 1260. The van der Waals surface area contributed by atoms with Crippen LogP contribution in [0.2, 0.25) is 0 Å². The Hall–Kier alpha value is -2.58. The van der Waals surface area contributed by atoms with Gasteiger partial charge in [0.05, 0.1) is 23.3 Å². The molecule has 35 heavy (non-hydrogen) atoms. The van der Waals surface area contributed by atoms with Crippen molar-refractivity contribution in [2.24, 2.45) is 22.4 Å². The summed E-state index contributed by atoms with van der Waals surface area (Å²) in [4.78, 5) is 2.59. The van der Waals surface area contributed by atoms with Crippen molar-refractivity contribution >= 4 is 15.7 Å². The number of hydrogen-bond acceptors (Lipinski definition) is 6. The fourth-order valence-electron chi connectivity index (χ4n) is 6.67. The van der Waals surface area contributed by atoms with Crippen molar-refractivity contribution in [3.63, 3.8) is 0 Å². The van der Waals surface area contributed by atoms with Crippen LogP contribution in [0.15, 0.2) is 46.4 Å². The minimum Gasteiger partial charge on any atom is -0.504 e. The maximum absolute atomic E-state index is 12.9. The van der Waals surface area contributed by atoms with Crippen molar-refractivity contribution in [2.45, 2.75) is 69.8 Å². The van der Waals surface area contributed by atoms with Gasteiger partial charge in [0.15, 0.2) is 11.5 Å². The summed E-state index contributed by atoms with van der Waals surface area (Å²) in [6.07, 6.45) is 3.90. The van der Waals surface area contributed by atoms with Crippen molar-refractivity contribution in [3.8, 4) is 11.5 Å². The van der Waals surface area contributed by atoms with Crippen molar-refractivity contribution in [3.05, 3.63) is 53.1 Å². The van der Waals surface area contributed by atoms with Crippen LogP contribution < -0.4 is 9.57 Å². The molecule has 0 heterocycles. The van der Waals surface area contributed by atoms with Crippen LogP contribution in [0.3, 0.4) is 0 Å². The number of fused-ring (bicyclic) bond motifs is 5. The third-order valence-corrected chi connectivity index (χ3v) is 9.81. The van der Waals surface area contributed by atoms with Gasteiger partial charge in [-0.15, -0.1) is 0 Å². The van der Waals surface area contributed by atoms with Gasteiger partial charge in [0, 0.05) is 5.56 Å². The molecule has 0 amide bonds. The summed E-state index contributed by atoms with van der Waals surface area (Å²) in [7, 11) is -3.84. The zero-order valence-corrected chi connectivity index (χ0v) is 21.3. The van der Waals surface area contributed by atoms with Crippen LogP contribution in [-0.4, -0.2) is 37.1 Å². The fraction of sp³-hybridized carbons (Fsp3) is 0.519. The maximum atomic E-state index is 12.9. The molecule has 2 aromatic rings. The third-order valence-electron chi connectivity index (χ3n) is 8.59. The topological polar surface area (TPSA) is 108 Å². The zero-order valence-electron chi connectivity index (χ0n) is 20.5.